The Morgan fingerprint density at radius 1 is 1.32 bits per heavy atom. The zero-order chi connectivity index (χ0) is 20.1. The maximum Gasteiger partial charge on any atom is 0.251 e. The number of nitrogens with one attached hydrogen (secondary N) is 1. The lowest BCUT2D eigenvalue weighted by atomic mass is 9.82. The largest absolute Gasteiger partial charge is 0.504 e. The molecule has 1 fully saturated rings. The van der Waals surface area contributed by atoms with Crippen molar-refractivity contribution in [2.45, 2.75) is 37.3 Å². The number of benzene rings is 2. The summed E-state index contributed by atoms with van der Waals surface area (Å²) in [7, 11) is 1.43. The number of aromatic hydroxyl groups is 1. The van der Waals surface area contributed by atoms with E-state index in [2.05, 4.69) is 17.2 Å². The Labute approximate surface area is 169 Å². The topological polar surface area (TPSA) is 78.8 Å². The van der Waals surface area contributed by atoms with Crippen LogP contribution in [0.4, 0.5) is 0 Å². The van der Waals surface area contributed by atoms with Gasteiger partial charge in [-0.1, -0.05) is 29.5 Å². The molecule has 1 unspecified atom stereocenters. The second-order valence-electron chi connectivity index (χ2n) is 6.95. The summed E-state index contributed by atoms with van der Waals surface area (Å²) in [5.41, 5.74) is -0.0393. The van der Waals surface area contributed by atoms with E-state index in [1.165, 1.54) is 25.3 Å². The molecule has 0 saturated heterocycles. The van der Waals surface area contributed by atoms with Crippen LogP contribution in [0.2, 0.25) is 5.02 Å². The Bertz CT molecular complexity index is 934. The van der Waals surface area contributed by atoms with E-state index in [0.29, 0.717) is 23.4 Å². The van der Waals surface area contributed by atoms with Gasteiger partial charge in [0, 0.05) is 28.6 Å². The maximum atomic E-state index is 12.5. The second-order valence-corrected chi connectivity index (χ2v) is 7.38. The van der Waals surface area contributed by atoms with Crippen molar-refractivity contribution in [3.05, 3.63) is 58.6 Å². The van der Waals surface area contributed by atoms with Crippen LogP contribution in [0, 0.1) is 11.8 Å². The number of carbonyl (C=O) groups is 1. The van der Waals surface area contributed by atoms with Crippen LogP contribution in [0.15, 0.2) is 42.5 Å². The summed E-state index contributed by atoms with van der Waals surface area (Å²) >= 11 is 5.97. The highest BCUT2D eigenvalue weighted by Crippen LogP contribution is 2.29. The Hall–Kier alpha value is -2.68. The minimum absolute atomic E-state index is 0.0256. The molecule has 0 bridgehead atoms. The number of ether oxygens (including phenoxy) is 1. The highest BCUT2D eigenvalue weighted by atomic mass is 35.5. The van der Waals surface area contributed by atoms with Gasteiger partial charge in [0.05, 0.1) is 7.11 Å². The number of carbonyl (C=O) groups excluding carboxylic acids is 1. The molecule has 1 aliphatic carbocycles. The summed E-state index contributed by atoms with van der Waals surface area (Å²) in [6, 6.07) is 11.4. The Morgan fingerprint density at radius 3 is 2.89 bits per heavy atom. The molecule has 2 atom stereocenters. The van der Waals surface area contributed by atoms with Crippen LogP contribution in [0.5, 0.6) is 11.5 Å². The molecule has 2 aromatic carbocycles. The average molecular weight is 400 g/mol. The van der Waals surface area contributed by atoms with Gasteiger partial charge in [0.15, 0.2) is 11.5 Å². The number of hydrogen-bond donors (Lipinski definition) is 3. The SMILES string of the molecule is COc1cc(C(=O)N[C@H]2CCCC(O)(C#Cc3cccc(Cl)c3)C2)ccc1O. The molecule has 146 valence electrons. The number of amides is 1. The maximum absolute atomic E-state index is 12.5. The lowest BCUT2D eigenvalue weighted by Gasteiger charge is -2.33. The van der Waals surface area contributed by atoms with Crippen LogP contribution in [0.3, 0.4) is 0 Å². The summed E-state index contributed by atoms with van der Waals surface area (Å²) in [6.45, 7) is 0. The van der Waals surface area contributed by atoms with E-state index in [4.69, 9.17) is 16.3 Å². The first-order chi connectivity index (χ1) is 13.4. The van der Waals surface area contributed by atoms with Gasteiger partial charge in [0.2, 0.25) is 0 Å². The quantitative estimate of drug-likeness (QED) is 0.690. The minimum atomic E-state index is -1.16. The van der Waals surface area contributed by atoms with E-state index in [9.17, 15) is 15.0 Å². The molecule has 5 nitrogen and oxygen atoms in total. The number of methoxy groups -OCH3 is 1. The van der Waals surface area contributed by atoms with Crippen LogP contribution in [0.1, 0.15) is 41.6 Å². The van der Waals surface area contributed by atoms with Crippen molar-refractivity contribution in [3.8, 4) is 23.3 Å². The summed E-state index contributed by atoms with van der Waals surface area (Å²) in [4.78, 5) is 12.5. The smallest absolute Gasteiger partial charge is 0.251 e. The van der Waals surface area contributed by atoms with Crippen LogP contribution in [0.25, 0.3) is 0 Å². The fraction of sp³-hybridized carbons (Fsp3) is 0.318. The van der Waals surface area contributed by atoms with E-state index in [-0.39, 0.29) is 23.4 Å². The highest BCUT2D eigenvalue weighted by Gasteiger charge is 2.33. The minimum Gasteiger partial charge on any atom is -0.504 e. The third-order valence-electron chi connectivity index (χ3n) is 4.77. The Kier molecular flexibility index (Phi) is 6.13. The van der Waals surface area contributed by atoms with Crippen molar-refractivity contribution < 1.29 is 19.7 Å². The van der Waals surface area contributed by atoms with E-state index in [1.54, 1.807) is 12.1 Å². The fourth-order valence-electron chi connectivity index (χ4n) is 3.33. The molecule has 1 aliphatic rings. The van der Waals surface area contributed by atoms with E-state index in [1.807, 2.05) is 12.1 Å². The van der Waals surface area contributed by atoms with Crippen LogP contribution in [-0.2, 0) is 0 Å². The molecule has 2 aromatic rings. The highest BCUT2D eigenvalue weighted by molar-refractivity contribution is 6.30. The molecule has 0 aromatic heterocycles. The summed E-state index contributed by atoms with van der Waals surface area (Å²) < 4.78 is 5.04. The molecule has 0 spiro atoms. The molecule has 3 rings (SSSR count). The van der Waals surface area contributed by atoms with Crippen LogP contribution < -0.4 is 10.1 Å². The van der Waals surface area contributed by atoms with Gasteiger partial charge in [0.25, 0.3) is 5.91 Å². The average Bonchev–Trinajstić information content (AvgIpc) is 2.67. The first-order valence-corrected chi connectivity index (χ1v) is 9.45. The van der Waals surface area contributed by atoms with Gasteiger partial charge >= 0.3 is 0 Å². The molecule has 3 N–H and O–H groups in total. The van der Waals surface area contributed by atoms with Crippen molar-refractivity contribution in [3.63, 3.8) is 0 Å². The summed E-state index contributed by atoms with van der Waals surface area (Å²) in [5, 5.41) is 24.1. The van der Waals surface area contributed by atoms with Crippen molar-refractivity contribution >= 4 is 17.5 Å². The van der Waals surface area contributed by atoms with Gasteiger partial charge in [-0.05, 0) is 55.7 Å². The molecule has 1 saturated carbocycles. The van der Waals surface area contributed by atoms with E-state index < -0.39 is 5.60 Å². The first kappa shape index (κ1) is 20.1. The van der Waals surface area contributed by atoms with Crippen LogP contribution >= 0.6 is 11.6 Å². The van der Waals surface area contributed by atoms with E-state index in [0.717, 1.165) is 18.4 Å². The van der Waals surface area contributed by atoms with Crippen molar-refractivity contribution in [1.29, 1.82) is 0 Å². The second kappa shape index (κ2) is 8.55. The van der Waals surface area contributed by atoms with Crippen molar-refractivity contribution in [2.24, 2.45) is 0 Å². The summed E-state index contributed by atoms with van der Waals surface area (Å²) in [5.74, 6) is 5.86. The standard InChI is InChI=1S/C22H22ClNO4/c1-28-20-13-16(7-8-19(20)25)21(26)24-18-6-3-10-22(27,14-18)11-9-15-4-2-5-17(23)12-15/h2,4-5,7-8,12-13,18,25,27H,3,6,10,14H2,1H3,(H,24,26)/t18-,22?/m0/s1. The molecule has 6 heteroatoms. The molecule has 1 amide bonds. The molecular weight excluding hydrogens is 378 g/mol. The first-order valence-electron chi connectivity index (χ1n) is 9.07. The summed E-state index contributed by atoms with van der Waals surface area (Å²) in [6.07, 6.45) is 2.42. The van der Waals surface area contributed by atoms with Crippen molar-refractivity contribution in [2.75, 3.05) is 7.11 Å². The molecule has 28 heavy (non-hydrogen) atoms. The third-order valence-corrected chi connectivity index (χ3v) is 5.00. The van der Waals surface area contributed by atoms with Crippen molar-refractivity contribution in [1.82, 2.24) is 5.32 Å². The lowest BCUT2D eigenvalue weighted by Crippen LogP contribution is -2.45. The number of rotatable bonds is 3. The van der Waals surface area contributed by atoms with Gasteiger partial charge in [-0.2, -0.15) is 0 Å². The van der Waals surface area contributed by atoms with Crippen LogP contribution in [-0.4, -0.2) is 34.9 Å². The normalized spacial score (nSPS) is 21.3. The number of aliphatic hydroxyl groups is 1. The Balaban J connectivity index is 1.68. The number of halogens is 1. The monoisotopic (exact) mass is 399 g/mol. The Morgan fingerprint density at radius 2 is 2.14 bits per heavy atom. The van der Waals surface area contributed by atoms with Gasteiger partial charge in [-0.25, -0.2) is 0 Å². The zero-order valence-electron chi connectivity index (χ0n) is 15.5. The van der Waals surface area contributed by atoms with Gasteiger partial charge in [0.1, 0.15) is 5.60 Å². The number of phenols is 1. The zero-order valence-corrected chi connectivity index (χ0v) is 16.3. The van der Waals surface area contributed by atoms with Gasteiger partial charge < -0.3 is 20.3 Å². The molecular formula is C22H22ClNO4. The number of hydrogen-bond acceptors (Lipinski definition) is 4. The molecule has 0 radical (unpaired) electrons. The molecule has 0 heterocycles. The van der Waals surface area contributed by atoms with Gasteiger partial charge in [-0.3, -0.25) is 4.79 Å². The predicted molar refractivity (Wildman–Crippen MR) is 108 cm³/mol. The third kappa shape index (κ3) is 4.98. The lowest BCUT2D eigenvalue weighted by molar-refractivity contribution is 0.0452. The van der Waals surface area contributed by atoms with E-state index >= 15 is 0 Å². The fourth-order valence-corrected chi connectivity index (χ4v) is 3.52. The van der Waals surface area contributed by atoms with Gasteiger partial charge in [-0.15, -0.1) is 0 Å². The predicted octanol–water partition coefficient (Wildman–Crippen LogP) is 3.51. The number of phenolic OH excluding ortho intramolecular Hbond substituents is 1. The molecule has 0 aliphatic heterocycles.